The molecule has 1 heterocycles. The van der Waals surface area contributed by atoms with Gasteiger partial charge in [0.1, 0.15) is 11.6 Å². The number of aromatic amines is 1. The average molecular weight is 247 g/mol. The van der Waals surface area contributed by atoms with Crippen LogP contribution >= 0.6 is 0 Å². The molecule has 0 fully saturated rings. The second-order valence-corrected chi connectivity index (χ2v) is 5.37. The van der Waals surface area contributed by atoms with Crippen LogP contribution in [-0.2, 0) is 6.54 Å². The molecule has 0 bridgehead atoms. The lowest BCUT2D eigenvalue weighted by Gasteiger charge is -2.19. The number of benzene rings is 1. The highest BCUT2D eigenvalue weighted by atomic mass is 19.1. The highest BCUT2D eigenvalue weighted by Crippen LogP contribution is 2.16. The summed E-state index contributed by atoms with van der Waals surface area (Å²) >= 11 is 0. The third-order valence-corrected chi connectivity index (χ3v) is 2.54. The fourth-order valence-electron chi connectivity index (χ4n) is 1.59. The molecule has 2 N–H and O–H groups in total. The van der Waals surface area contributed by atoms with Gasteiger partial charge in [0.05, 0.1) is 0 Å². The fourth-order valence-corrected chi connectivity index (χ4v) is 1.59. The Morgan fingerprint density at radius 1 is 1.33 bits per heavy atom. The molecule has 1 aromatic heterocycles. The van der Waals surface area contributed by atoms with Crippen molar-refractivity contribution in [2.45, 2.75) is 32.9 Å². The zero-order valence-corrected chi connectivity index (χ0v) is 10.9. The second-order valence-electron chi connectivity index (χ2n) is 5.37. The summed E-state index contributed by atoms with van der Waals surface area (Å²) in [4.78, 5) is 7.45. The monoisotopic (exact) mass is 247 g/mol. The van der Waals surface area contributed by atoms with E-state index in [0.717, 1.165) is 11.3 Å². The van der Waals surface area contributed by atoms with Crippen LogP contribution < -0.4 is 5.32 Å². The van der Waals surface area contributed by atoms with Crippen LogP contribution in [0.1, 0.15) is 26.5 Å². The summed E-state index contributed by atoms with van der Waals surface area (Å²) in [6.45, 7) is 7.04. The van der Waals surface area contributed by atoms with Gasteiger partial charge in [-0.2, -0.15) is 0 Å². The SMILES string of the molecule is CC(C)(C)NCc1cnc(-c2cccc(F)c2)[nH]1. The maximum Gasteiger partial charge on any atom is 0.137 e. The van der Waals surface area contributed by atoms with Crippen molar-refractivity contribution < 1.29 is 4.39 Å². The van der Waals surface area contributed by atoms with Crippen LogP contribution in [0.4, 0.5) is 4.39 Å². The molecule has 0 unspecified atom stereocenters. The van der Waals surface area contributed by atoms with E-state index in [1.165, 1.54) is 12.1 Å². The predicted octanol–water partition coefficient (Wildman–Crippen LogP) is 3.10. The second kappa shape index (κ2) is 4.90. The minimum atomic E-state index is -0.252. The zero-order chi connectivity index (χ0) is 13.2. The largest absolute Gasteiger partial charge is 0.341 e. The number of nitrogens with one attached hydrogen (secondary N) is 2. The maximum absolute atomic E-state index is 13.1. The first-order valence-electron chi connectivity index (χ1n) is 5.99. The Morgan fingerprint density at radius 3 is 2.78 bits per heavy atom. The molecule has 0 radical (unpaired) electrons. The number of imidazole rings is 1. The van der Waals surface area contributed by atoms with E-state index in [-0.39, 0.29) is 11.4 Å². The smallest absolute Gasteiger partial charge is 0.137 e. The lowest BCUT2D eigenvalue weighted by atomic mass is 10.1. The molecular formula is C14H18FN3. The standard InChI is InChI=1S/C14H18FN3/c1-14(2,3)17-9-12-8-16-13(18-12)10-5-4-6-11(15)7-10/h4-8,17H,9H2,1-3H3,(H,16,18). The average Bonchev–Trinajstić information content (AvgIpc) is 2.74. The summed E-state index contributed by atoms with van der Waals surface area (Å²) in [6.07, 6.45) is 1.78. The molecule has 1 aromatic carbocycles. The summed E-state index contributed by atoms with van der Waals surface area (Å²) in [6, 6.07) is 6.41. The van der Waals surface area contributed by atoms with Crippen molar-refractivity contribution in [2.75, 3.05) is 0 Å². The highest BCUT2D eigenvalue weighted by Gasteiger charge is 2.10. The van der Waals surface area contributed by atoms with Crippen molar-refractivity contribution in [3.8, 4) is 11.4 Å². The van der Waals surface area contributed by atoms with Gasteiger partial charge < -0.3 is 10.3 Å². The van der Waals surface area contributed by atoms with Crippen LogP contribution in [0, 0.1) is 5.82 Å². The van der Waals surface area contributed by atoms with Gasteiger partial charge in [-0.15, -0.1) is 0 Å². The Balaban J connectivity index is 2.11. The lowest BCUT2D eigenvalue weighted by Crippen LogP contribution is -2.35. The molecule has 18 heavy (non-hydrogen) atoms. The normalized spacial score (nSPS) is 11.8. The van der Waals surface area contributed by atoms with Crippen LogP contribution in [0.2, 0.25) is 0 Å². The topological polar surface area (TPSA) is 40.7 Å². The third-order valence-electron chi connectivity index (χ3n) is 2.54. The maximum atomic E-state index is 13.1. The first kappa shape index (κ1) is 12.8. The molecule has 0 aliphatic heterocycles. The number of H-pyrrole nitrogens is 1. The van der Waals surface area contributed by atoms with E-state index in [9.17, 15) is 4.39 Å². The molecule has 0 saturated carbocycles. The Bertz CT molecular complexity index is 526. The quantitative estimate of drug-likeness (QED) is 0.875. The number of aromatic nitrogens is 2. The molecule has 0 amide bonds. The molecule has 0 aliphatic rings. The van der Waals surface area contributed by atoms with Crippen molar-refractivity contribution >= 4 is 0 Å². The summed E-state index contributed by atoms with van der Waals surface area (Å²) in [5.41, 5.74) is 1.81. The van der Waals surface area contributed by atoms with E-state index in [1.54, 1.807) is 12.3 Å². The molecule has 96 valence electrons. The molecule has 0 saturated heterocycles. The molecule has 0 aliphatic carbocycles. The van der Waals surface area contributed by atoms with Gasteiger partial charge in [0.15, 0.2) is 0 Å². The predicted molar refractivity (Wildman–Crippen MR) is 70.6 cm³/mol. The van der Waals surface area contributed by atoms with Crippen molar-refractivity contribution in [2.24, 2.45) is 0 Å². The van der Waals surface area contributed by atoms with Crippen LogP contribution in [0.15, 0.2) is 30.5 Å². The summed E-state index contributed by atoms with van der Waals surface area (Å²) in [5, 5.41) is 3.37. The lowest BCUT2D eigenvalue weighted by molar-refractivity contribution is 0.422. The Morgan fingerprint density at radius 2 is 2.11 bits per heavy atom. The molecule has 2 aromatic rings. The van der Waals surface area contributed by atoms with Crippen LogP contribution in [0.25, 0.3) is 11.4 Å². The van der Waals surface area contributed by atoms with Crippen molar-refractivity contribution in [1.82, 2.24) is 15.3 Å². The number of hydrogen-bond donors (Lipinski definition) is 2. The van der Waals surface area contributed by atoms with Crippen molar-refractivity contribution in [3.63, 3.8) is 0 Å². The number of rotatable bonds is 3. The van der Waals surface area contributed by atoms with Gasteiger partial charge in [-0.05, 0) is 32.9 Å². The number of nitrogens with zero attached hydrogens (tertiary/aromatic N) is 1. The van der Waals surface area contributed by atoms with Crippen LogP contribution in [0.3, 0.4) is 0 Å². The van der Waals surface area contributed by atoms with Gasteiger partial charge in [-0.1, -0.05) is 12.1 Å². The van der Waals surface area contributed by atoms with E-state index < -0.39 is 0 Å². The molecule has 0 spiro atoms. The number of hydrogen-bond acceptors (Lipinski definition) is 2. The zero-order valence-electron chi connectivity index (χ0n) is 10.9. The van der Waals surface area contributed by atoms with E-state index in [0.29, 0.717) is 12.4 Å². The molecule has 2 rings (SSSR count). The van der Waals surface area contributed by atoms with Crippen LogP contribution in [-0.4, -0.2) is 15.5 Å². The molecule has 0 atom stereocenters. The van der Waals surface area contributed by atoms with Gasteiger partial charge in [-0.3, -0.25) is 0 Å². The van der Waals surface area contributed by atoms with Crippen molar-refractivity contribution in [1.29, 1.82) is 0 Å². The summed E-state index contributed by atoms with van der Waals surface area (Å²) < 4.78 is 13.1. The molecule has 4 heteroatoms. The van der Waals surface area contributed by atoms with Crippen LogP contribution in [0.5, 0.6) is 0 Å². The van der Waals surface area contributed by atoms with E-state index in [2.05, 4.69) is 36.1 Å². The van der Waals surface area contributed by atoms with Gasteiger partial charge in [0.2, 0.25) is 0 Å². The van der Waals surface area contributed by atoms with E-state index in [1.807, 2.05) is 6.07 Å². The van der Waals surface area contributed by atoms with Gasteiger partial charge >= 0.3 is 0 Å². The minimum Gasteiger partial charge on any atom is -0.341 e. The minimum absolute atomic E-state index is 0.0597. The molecular weight excluding hydrogens is 229 g/mol. The van der Waals surface area contributed by atoms with Gasteiger partial charge in [-0.25, -0.2) is 9.37 Å². The first-order chi connectivity index (χ1) is 8.44. The Hall–Kier alpha value is -1.68. The number of halogens is 1. The Kier molecular flexibility index (Phi) is 3.48. The first-order valence-corrected chi connectivity index (χ1v) is 5.99. The van der Waals surface area contributed by atoms with Gasteiger partial charge in [0, 0.05) is 29.5 Å². The summed E-state index contributed by atoms with van der Waals surface area (Å²) in [5.74, 6) is 0.443. The highest BCUT2D eigenvalue weighted by molar-refractivity contribution is 5.54. The molecule has 3 nitrogen and oxygen atoms in total. The fraction of sp³-hybridized carbons (Fsp3) is 0.357. The van der Waals surface area contributed by atoms with Gasteiger partial charge in [0.25, 0.3) is 0 Å². The van der Waals surface area contributed by atoms with Crippen molar-refractivity contribution in [3.05, 3.63) is 42.0 Å². The third kappa shape index (κ3) is 3.40. The Labute approximate surface area is 106 Å². The summed E-state index contributed by atoms with van der Waals surface area (Å²) in [7, 11) is 0. The van der Waals surface area contributed by atoms with E-state index >= 15 is 0 Å². The van der Waals surface area contributed by atoms with E-state index in [4.69, 9.17) is 0 Å².